The fourth-order valence-electron chi connectivity index (χ4n) is 1.96. The number of cyclic esters (lactones) is 1. The van der Waals surface area contributed by atoms with Gasteiger partial charge in [0.15, 0.2) is 0 Å². The van der Waals surface area contributed by atoms with E-state index >= 15 is 0 Å². The molecule has 2 heteroatoms. The van der Waals surface area contributed by atoms with Crippen LogP contribution in [-0.4, -0.2) is 12.1 Å². The molecule has 2 rings (SSSR count). The molecular formula is C13H16O2. The molecule has 80 valence electrons. The molecule has 1 aromatic rings. The van der Waals surface area contributed by atoms with E-state index in [0.29, 0.717) is 6.42 Å². The van der Waals surface area contributed by atoms with E-state index in [9.17, 15) is 4.79 Å². The van der Waals surface area contributed by atoms with Crippen LogP contribution in [0.2, 0.25) is 0 Å². The highest BCUT2D eigenvalue weighted by Gasteiger charge is 2.22. The third-order valence-corrected chi connectivity index (χ3v) is 2.80. The zero-order chi connectivity index (χ0) is 10.5. The number of rotatable bonds is 4. The third kappa shape index (κ3) is 3.08. The van der Waals surface area contributed by atoms with Crippen molar-refractivity contribution in [1.82, 2.24) is 0 Å². The Kier molecular flexibility index (Phi) is 3.38. The van der Waals surface area contributed by atoms with Crippen LogP contribution >= 0.6 is 0 Å². The van der Waals surface area contributed by atoms with Gasteiger partial charge in [-0.05, 0) is 31.2 Å². The summed E-state index contributed by atoms with van der Waals surface area (Å²) in [7, 11) is 0. The van der Waals surface area contributed by atoms with Gasteiger partial charge >= 0.3 is 5.97 Å². The molecular weight excluding hydrogens is 188 g/mol. The van der Waals surface area contributed by atoms with E-state index in [1.807, 2.05) is 6.07 Å². The van der Waals surface area contributed by atoms with E-state index in [1.54, 1.807) is 0 Å². The molecule has 1 aliphatic heterocycles. The zero-order valence-electron chi connectivity index (χ0n) is 8.82. The van der Waals surface area contributed by atoms with Gasteiger partial charge in [0.2, 0.25) is 0 Å². The van der Waals surface area contributed by atoms with Crippen LogP contribution in [0.25, 0.3) is 0 Å². The van der Waals surface area contributed by atoms with E-state index < -0.39 is 0 Å². The molecule has 1 atom stereocenters. The third-order valence-electron chi connectivity index (χ3n) is 2.80. The lowest BCUT2D eigenvalue weighted by molar-refractivity contribution is -0.141. The molecule has 15 heavy (non-hydrogen) atoms. The van der Waals surface area contributed by atoms with Crippen LogP contribution in [0.3, 0.4) is 0 Å². The monoisotopic (exact) mass is 204 g/mol. The molecule has 1 unspecified atom stereocenters. The molecule has 1 aromatic carbocycles. The summed E-state index contributed by atoms with van der Waals surface area (Å²) in [4.78, 5) is 10.9. The minimum absolute atomic E-state index is 0.0280. The quantitative estimate of drug-likeness (QED) is 0.705. The maximum Gasteiger partial charge on any atom is 0.306 e. The largest absolute Gasteiger partial charge is 0.462 e. The number of ether oxygens (including phenoxy) is 1. The average Bonchev–Trinajstić information content (AvgIpc) is 2.66. The summed E-state index contributed by atoms with van der Waals surface area (Å²) in [5.74, 6) is -0.0280. The van der Waals surface area contributed by atoms with Crippen molar-refractivity contribution in [2.24, 2.45) is 0 Å². The Balaban J connectivity index is 1.69. The smallest absolute Gasteiger partial charge is 0.306 e. The molecule has 1 heterocycles. The maximum absolute atomic E-state index is 10.9. The SMILES string of the molecule is O=C1CCC(CCCc2ccccc2)O1. The standard InChI is InChI=1S/C13H16O2/c14-13-10-9-12(15-13)8-4-7-11-5-2-1-3-6-11/h1-3,5-6,12H,4,7-10H2. The lowest BCUT2D eigenvalue weighted by Crippen LogP contribution is -2.06. The van der Waals surface area contributed by atoms with Crippen molar-refractivity contribution >= 4 is 5.97 Å². The number of hydrogen-bond donors (Lipinski definition) is 0. The molecule has 0 spiro atoms. The number of esters is 1. The molecule has 0 bridgehead atoms. The van der Waals surface area contributed by atoms with E-state index in [2.05, 4.69) is 24.3 Å². The summed E-state index contributed by atoms with van der Waals surface area (Å²) in [6.07, 6.45) is 4.88. The summed E-state index contributed by atoms with van der Waals surface area (Å²) in [5, 5.41) is 0. The molecule has 1 aliphatic rings. The predicted octanol–water partition coefficient (Wildman–Crippen LogP) is 2.71. The summed E-state index contributed by atoms with van der Waals surface area (Å²) >= 11 is 0. The first-order valence-electron chi connectivity index (χ1n) is 5.58. The van der Waals surface area contributed by atoms with Crippen LogP contribution in [0.5, 0.6) is 0 Å². The van der Waals surface area contributed by atoms with Crippen LogP contribution < -0.4 is 0 Å². The van der Waals surface area contributed by atoms with Gasteiger partial charge in [0.05, 0.1) is 0 Å². The normalized spacial score (nSPS) is 20.3. The minimum Gasteiger partial charge on any atom is -0.462 e. The van der Waals surface area contributed by atoms with Crippen LogP contribution in [-0.2, 0) is 16.0 Å². The molecule has 0 saturated carbocycles. The van der Waals surface area contributed by atoms with Crippen molar-refractivity contribution in [2.75, 3.05) is 0 Å². The van der Waals surface area contributed by atoms with Crippen molar-refractivity contribution in [2.45, 2.75) is 38.2 Å². The summed E-state index contributed by atoms with van der Waals surface area (Å²) < 4.78 is 5.16. The Morgan fingerprint density at radius 3 is 2.73 bits per heavy atom. The Morgan fingerprint density at radius 2 is 2.07 bits per heavy atom. The lowest BCUT2D eigenvalue weighted by atomic mass is 10.0. The van der Waals surface area contributed by atoms with Crippen molar-refractivity contribution in [3.05, 3.63) is 35.9 Å². The average molecular weight is 204 g/mol. The van der Waals surface area contributed by atoms with Crippen LogP contribution in [0, 0.1) is 0 Å². The first-order valence-corrected chi connectivity index (χ1v) is 5.58. The fourth-order valence-corrected chi connectivity index (χ4v) is 1.96. The second kappa shape index (κ2) is 4.96. The predicted molar refractivity (Wildman–Crippen MR) is 58.5 cm³/mol. The summed E-state index contributed by atoms with van der Waals surface area (Å²) in [6.45, 7) is 0. The van der Waals surface area contributed by atoms with Crippen molar-refractivity contribution in [1.29, 1.82) is 0 Å². The highest BCUT2D eigenvalue weighted by atomic mass is 16.5. The van der Waals surface area contributed by atoms with Crippen molar-refractivity contribution in [3.8, 4) is 0 Å². The van der Waals surface area contributed by atoms with Crippen molar-refractivity contribution in [3.63, 3.8) is 0 Å². The van der Waals surface area contributed by atoms with Gasteiger partial charge in [-0.1, -0.05) is 30.3 Å². The lowest BCUT2D eigenvalue weighted by Gasteiger charge is -2.08. The second-order valence-corrected chi connectivity index (χ2v) is 4.03. The van der Waals surface area contributed by atoms with E-state index in [0.717, 1.165) is 25.7 Å². The maximum atomic E-state index is 10.9. The number of carbonyl (C=O) groups excluding carboxylic acids is 1. The zero-order valence-corrected chi connectivity index (χ0v) is 8.82. The van der Waals surface area contributed by atoms with Crippen LogP contribution in [0.4, 0.5) is 0 Å². The molecule has 1 saturated heterocycles. The second-order valence-electron chi connectivity index (χ2n) is 4.03. The molecule has 0 aromatic heterocycles. The Hall–Kier alpha value is -1.31. The minimum atomic E-state index is -0.0280. The first kappa shape index (κ1) is 10.2. The molecule has 0 N–H and O–H groups in total. The van der Waals surface area contributed by atoms with Crippen LogP contribution in [0.15, 0.2) is 30.3 Å². The van der Waals surface area contributed by atoms with Gasteiger partial charge in [-0.15, -0.1) is 0 Å². The van der Waals surface area contributed by atoms with Crippen molar-refractivity contribution < 1.29 is 9.53 Å². The first-order chi connectivity index (χ1) is 7.34. The Bertz CT molecular complexity index is 319. The van der Waals surface area contributed by atoms with Gasteiger partial charge in [-0.25, -0.2) is 0 Å². The van der Waals surface area contributed by atoms with E-state index in [1.165, 1.54) is 5.56 Å². The van der Waals surface area contributed by atoms with Gasteiger partial charge in [0, 0.05) is 6.42 Å². The van der Waals surface area contributed by atoms with E-state index in [4.69, 9.17) is 4.74 Å². The fraction of sp³-hybridized carbons (Fsp3) is 0.462. The molecule has 0 aliphatic carbocycles. The highest BCUT2D eigenvalue weighted by molar-refractivity contribution is 5.71. The summed E-state index contributed by atoms with van der Waals surface area (Å²) in [6, 6.07) is 10.4. The number of hydrogen-bond acceptors (Lipinski definition) is 2. The summed E-state index contributed by atoms with van der Waals surface area (Å²) in [5.41, 5.74) is 1.36. The van der Waals surface area contributed by atoms with Gasteiger partial charge in [0.25, 0.3) is 0 Å². The molecule has 0 radical (unpaired) electrons. The molecule has 2 nitrogen and oxygen atoms in total. The van der Waals surface area contributed by atoms with Gasteiger partial charge in [-0.3, -0.25) is 4.79 Å². The Morgan fingerprint density at radius 1 is 1.27 bits per heavy atom. The number of carbonyl (C=O) groups is 1. The van der Waals surface area contributed by atoms with Gasteiger partial charge in [0.1, 0.15) is 6.10 Å². The van der Waals surface area contributed by atoms with Gasteiger partial charge in [-0.2, -0.15) is 0 Å². The number of benzene rings is 1. The van der Waals surface area contributed by atoms with Gasteiger partial charge < -0.3 is 4.74 Å². The molecule has 1 fully saturated rings. The van der Waals surface area contributed by atoms with E-state index in [-0.39, 0.29) is 12.1 Å². The topological polar surface area (TPSA) is 26.3 Å². The highest BCUT2D eigenvalue weighted by Crippen LogP contribution is 2.19. The Labute approximate surface area is 90.3 Å². The number of aryl methyl sites for hydroxylation is 1. The molecule has 0 amide bonds. The van der Waals surface area contributed by atoms with Crippen LogP contribution in [0.1, 0.15) is 31.2 Å².